The first-order valence-electron chi connectivity index (χ1n) is 9.50. The molecule has 0 aliphatic heterocycles. The van der Waals surface area contributed by atoms with E-state index in [-0.39, 0.29) is 18.1 Å². The minimum absolute atomic E-state index is 0.123. The molecule has 6 nitrogen and oxygen atoms in total. The zero-order valence-corrected chi connectivity index (χ0v) is 19.2. The summed E-state index contributed by atoms with van der Waals surface area (Å²) in [6.45, 7) is -0.190. The smallest absolute Gasteiger partial charge is 0.266 e. The molecule has 0 unspecified atom stereocenters. The summed E-state index contributed by atoms with van der Waals surface area (Å²) in [5.41, 5.74) is 1.38. The standard InChI is InChI=1S/C24H16Cl3N3O3/c25-17-3-6-19(7-4-17)29-23(31)14-33-20-8-1-15(2-9-20)11-16(13-28)24(32)30-22-12-18(26)5-10-21(22)27/h1-12H,14H2,(H,29,31)(H,30,32)/b16-11-. The van der Waals surface area contributed by atoms with Crippen LogP contribution in [0.2, 0.25) is 15.1 Å². The Labute approximate surface area is 205 Å². The Morgan fingerprint density at radius 2 is 1.58 bits per heavy atom. The molecule has 2 amide bonds. The van der Waals surface area contributed by atoms with Gasteiger partial charge in [-0.25, -0.2) is 0 Å². The van der Waals surface area contributed by atoms with Crippen molar-refractivity contribution >= 4 is 64.1 Å². The van der Waals surface area contributed by atoms with E-state index in [2.05, 4.69) is 10.6 Å². The molecule has 3 aromatic carbocycles. The molecule has 0 bridgehead atoms. The van der Waals surface area contributed by atoms with Crippen LogP contribution in [0.15, 0.2) is 72.3 Å². The average molecular weight is 501 g/mol. The van der Waals surface area contributed by atoms with Crippen LogP contribution in [0, 0.1) is 11.3 Å². The molecule has 0 aromatic heterocycles. The largest absolute Gasteiger partial charge is 0.484 e. The maximum absolute atomic E-state index is 12.4. The Hall–Kier alpha value is -3.50. The zero-order chi connectivity index (χ0) is 23.8. The van der Waals surface area contributed by atoms with E-state index >= 15 is 0 Å². The zero-order valence-electron chi connectivity index (χ0n) is 16.9. The van der Waals surface area contributed by atoms with Crippen LogP contribution >= 0.6 is 34.8 Å². The highest BCUT2D eigenvalue weighted by Crippen LogP contribution is 2.26. The van der Waals surface area contributed by atoms with E-state index in [4.69, 9.17) is 39.5 Å². The van der Waals surface area contributed by atoms with E-state index in [9.17, 15) is 14.9 Å². The fraction of sp³-hybridized carbons (Fsp3) is 0.0417. The molecule has 2 N–H and O–H groups in total. The summed E-state index contributed by atoms with van der Waals surface area (Å²) in [7, 11) is 0. The van der Waals surface area contributed by atoms with Crippen LogP contribution in [-0.4, -0.2) is 18.4 Å². The summed E-state index contributed by atoms with van der Waals surface area (Å²) in [5.74, 6) is -0.502. The van der Waals surface area contributed by atoms with Crippen LogP contribution in [0.4, 0.5) is 11.4 Å². The number of ether oxygens (including phenoxy) is 1. The molecule has 0 atom stereocenters. The fourth-order valence-electron chi connectivity index (χ4n) is 2.64. The topological polar surface area (TPSA) is 91.2 Å². The molecular formula is C24H16Cl3N3O3. The molecule has 3 rings (SSSR count). The Balaban J connectivity index is 1.59. The molecule has 0 aliphatic carbocycles. The predicted octanol–water partition coefficient (Wildman–Crippen LogP) is 6.21. The first-order valence-corrected chi connectivity index (χ1v) is 10.6. The number of anilines is 2. The van der Waals surface area contributed by atoms with Crippen LogP contribution < -0.4 is 15.4 Å². The Morgan fingerprint density at radius 3 is 2.24 bits per heavy atom. The number of benzene rings is 3. The number of nitrogens with one attached hydrogen (secondary N) is 2. The number of rotatable bonds is 7. The number of amides is 2. The van der Waals surface area contributed by atoms with Gasteiger partial charge in [-0.2, -0.15) is 5.26 Å². The third-order valence-electron chi connectivity index (χ3n) is 4.23. The van der Waals surface area contributed by atoms with Crippen molar-refractivity contribution in [2.45, 2.75) is 0 Å². The van der Waals surface area contributed by atoms with Gasteiger partial charge >= 0.3 is 0 Å². The summed E-state index contributed by atoms with van der Waals surface area (Å²) < 4.78 is 5.47. The molecule has 166 valence electrons. The van der Waals surface area contributed by atoms with Crippen LogP contribution in [0.25, 0.3) is 6.08 Å². The summed E-state index contributed by atoms with van der Waals surface area (Å²) in [6.07, 6.45) is 1.42. The number of nitrogens with zero attached hydrogens (tertiary/aromatic N) is 1. The molecule has 0 heterocycles. The third kappa shape index (κ3) is 7.26. The summed E-state index contributed by atoms with van der Waals surface area (Å²) in [6, 6.07) is 19.8. The van der Waals surface area contributed by atoms with Crippen molar-refractivity contribution in [3.8, 4) is 11.8 Å². The molecule has 0 saturated carbocycles. The summed E-state index contributed by atoms with van der Waals surface area (Å²) in [4.78, 5) is 24.5. The lowest BCUT2D eigenvalue weighted by Gasteiger charge is -2.08. The van der Waals surface area contributed by atoms with Crippen molar-refractivity contribution in [1.82, 2.24) is 0 Å². The van der Waals surface area contributed by atoms with E-state index in [0.29, 0.717) is 37.8 Å². The van der Waals surface area contributed by atoms with Gasteiger partial charge in [-0.15, -0.1) is 0 Å². The minimum Gasteiger partial charge on any atom is -0.484 e. The second kappa shape index (κ2) is 11.4. The number of carbonyl (C=O) groups is 2. The third-order valence-corrected chi connectivity index (χ3v) is 5.05. The Bertz CT molecular complexity index is 1230. The van der Waals surface area contributed by atoms with E-state index < -0.39 is 5.91 Å². The molecule has 33 heavy (non-hydrogen) atoms. The van der Waals surface area contributed by atoms with Gasteiger partial charge in [-0.05, 0) is 66.2 Å². The van der Waals surface area contributed by atoms with Crippen LogP contribution in [0.5, 0.6) is 5.75 Å². The molecule has 0 fully saturated rings. The van der Waals surface area contributed by atoms with Gasteiger partial charge in [0.05, 0.1) is 10.7 Å². The van der Waals surface area contributed by atoms with Crippen molar-refractivity contribution < 1.29 is 14.3 Å². The molecule has 0 radical (unpaired) electrons. The van der Waals surface area contributed by atoms with Crippen LogP contribution in [0.3, 0.4) is 0 Å². The van der Waals surface area contributed by atoms with E-state index in [1.165, 1.54) is 12.1 Å². The van der Waals surface area contributed by atoms with Crippen LogP contribution in [-0.2, 0) is 9.59 Å². The van der Waals surface area contributed by atoms with Gasteiger partial charge in [0.2, 0.25) is 0 Å². The van der Waals surface area contributed by atoms with Crippen molar-refractivity contribution in [2.75, 3.05) is 17.2 Å². The quantitative estimate of drug-likeness (QED) is 0.298. The Morgan fingerprint density at radius 1 is 0.909 bits per heavy atom. The van der Waals surface area contributed by atoms with E-state index in [0.717, 1.165) is 0 Å². The molecular weight excluding hydrogens is 485 g/mol. The van der Waals surface area contributed by atoms with Gasteiger partial charge in [0.1, 0.15) is 17.4 Å². The number of halogens is 3. The lowest BCUT2D eigenvalue weighted by Crippen LogP contribution is -2.20. The first kappa shape index (κ1) is 24.1. The van der Waals surface area contributed by atoms with Gasteiger partial charge in [0, 0.05) is 15.7 Å². The van der Waals surface area contributed by atoms with E-state index in [1.54, 1.807) is 60.7 Å². The van der Waals surface area contributed by atoms with Crippen molar-refractivity contribution in [3.63, 3.8) is 0 Å². The van der Waals surface area contributed by atoms with Gasteiger partial charge in [-0.3, -0.25) is 9.59 Å². The van der Waals surface area contributed by atoms with Crippen molar-refractivity contribution in [3.05, 3.63) is 92.9 Å². The number of hydrogen-bond donors (Lipinski definition) is 2. The van der Waals surface area contributed by atoms with Gasteiger partial charge in [-0.1, -0.05) is 46.9 Å². The summed E-state index contributed by atoms with van der Waals surface area (Å²) >= 11 is 17.8. The number of hydrogen-bond acceptors (Lipinski definition) is 4. The molecule has 0 aliphatic rings. The Kier molecular flexibility index (Phi) is 8.34. The van der Waals surface area contributed by atoms with Gasteiger partial charge in [0.15, 0.2) is 6.61 Å². The lowest BCUT2D eigenvalue weighted by atomic mass is 10.1. The number of nitriles is 1. The van der Waals surface area contributed by atoms with E-state index in [1.807, 2.05) is 6.07 Å². The number of carbonyl (C=O) groups excluding carboxylic acids is 2. The summed E-state index contributed by atoms with van der Waals surface area (Å²) in [5, 5.41) is 15.9. The highest BCUT2D eigenvalue weighted by atomic mass is 35.5. The second-order valence-corrected chi connectivity index (χ2v) is 7.94. The highest BCUT2D eigenvalue weighted by molar-refractivity contribution is 6.36. The minimum atomic E-state index is -0.624. The van der Waals surface area contributed by atoms with Gasteiger partial charge < -0.3 is 15.4 Å². The normalized spacial score (nSPS) is 10.8. The van der Waals surface area contributed by atoms with Crippen molar-refractivity contribution in [2.24, 2.45) is 0 Å². The van der Waals surface area contributed by atoms with Gasteiger partial charge in [0.25, 0.3) is 11.8 Å². The SMILES string of the molecule is N#C/C(=C/c1ccc(OCC(=O)Nc2ccc(Cl)cc2)cc1)C(=O)Nc1cc(Cl)ccc1Cl. The molecule has 9 heteroatoms. The lowest BCUT2D eigenvalue weighted by molar-refractivity contribution is -0.118. The molecule has 0 spiro atoms. The first-order chi connectivity index (χ1) is 15.8. The molecule has 3 aromatic rings. The van der Waals surface area contributed by atoms with Crippen LogP contribution in [0.1, 0.15) is 5.56 Å². The fourth-order valence-corrected chi connectivity index (χ4v) is 3.10. The maximum Gasteiger partial charge on any atom is 0.266 e. The second-order valence-electron chi connectivity index (χ2n) is 6.66. The average Bonchev–Trinajstić information content (AvgIpc) is 2.80. The monoisotopic (exact) mass is 499 g/mol. The maximum atomic E-state index is 12.4. The molecule has 0 saturated heterocycles. The predicted molar refractivity (Wildman–Crippen MR) is 131 cm³/mol. The highest BCUT2D eigenvalue weighted by Gasteiger charge is 2.12. The van der Waals surface area contributed by atoms with Crippen molar-refractivity contribution in [1.29, 1.82) is 5.26 Å².